The van der Waals surface area contributed by atoms with Crippen LogP contribution in [0.25, 0.3) is 0 Å². The van der Waals surface area contributed by atoms with Crippen molar-refractivity contribution in [1.29, 1.82) is 0 Å². The quantitative estimate of drug-likeness (QED) is 0.650. The van der Waals surface area contributed by atoms with Gasteiger partial charge >= 0.3 is 0 Å². The average molecular weight is 409 g/mol. The van der Waals surface area contributed by atoms with E-state index in [-0.39, 0.29) is 0 Å². The number of piperazine rings is 1. The molecule has 3 heterocycles. The first-order chi connectivity index (χ1) is 14.2. The molecule has 1 fully saturated rings. The van der Waals surface area contributed by atoms with E-state index >= 15 is 0 Å². The molecule has 2 aliphatic rings. The van der Waals surface area contributed by atoms with Gasteiger partial charge in [-0.3, -0.25) is 0 Å². The maximum Gasteiger partial charge on any atom is 0.250 e. The van der Waals surface area contributed by atoms with Crippen molar-refractivity contribution in [2.75, 3.05) is 33.2 Å². The van der Waals surface area contributed by atoms with Gasteiger partial charge < -0.3 is 14.5 Å². The minimum atomic E-state index is 0.539. The van der Waals surface area contributed by atoms with Crippen molar-refractivity contribution in [3.05, 3.63) is 64.8 Å². The van der Waals surface area contributed by atoms with Crippen LogP contribution in [-0.2, 0) is 6.54 Å². The molecule has 2 aliphatic heterocycles. The number of aromatic nitrogens is 3. The highest BCUT2D eigenvalue weighted by molar-refractivity contribution is 6.30. The fraction of sp³-hybridized carbons (Fsp3) is 0.286. The van der Waals surface area contributed by atoms with Crippen LogP contribution in [0, 0.1) is 0 Å². The summed E-state index contributed by atoms with van der Waals surface area (Å²) in [6.45, 7) is 4.28. The third-order valence-electron chi connectivity index (χ3n) is 5.25. The molecule has 0 spiro atoms. The number of hydrogen-bond donors (Lipinski definition) is 0. The van der Waals surface area contributed by atoms with Crippen molar-refractivity contribution in [2.24, 2.45) is 4.99 Å². The molecule has 0 bridgehead atoms. The lowest BCUT2D eigenvalue weighted by molar-refractivity contribution is 0.215. The second-order valence-electron chi connectivity index (χ2n) is 7.32. The van der Waals surface area contributed by atoms with Crippen molar-refractivity contribution < 1.29 is 4.74 Å². The largest absolute Gasteiger partial charge is 0.435 e. The van der Waals surface area contributed by atoms with Gasteiger partial charge in [-0.15, -0.1) is 5.10 Å². The summed E-state index contributed by atoms with van der Waals surface area (Å²) in [7, 11) is 2.14. The molecular formula is C21H21ClN6O. The molecule has 0 amide bonds. The second-order valence-corrected chi connectivity index (χ2v) is 7.76. The van der Waals surface area contributed by atoms with Gasteiger partial charge in [0, 0.05) is 31.2 Å². The molecule has 8 heteroatoms. The molecule has 0 unspecified atom stereocenters. The SMILES string of the molecule is CN1CCN(C2=Nc3ccccc3Oc3c2nnn3Cc2ccc(Cl)cc2)CC1. The molecule has 2 aromatic carbocycles. The summed E-state index contributed by atoms with van der Waals surface area (Å²) in [5.41, 5.74) is 2.55. The van der Waals surface area contributed by atoms with E-state index in [0.717, 1.165) is 43.3 Å². The third-order valence-corrected chi connectivity index (χ3v) is 5.50. The molecule has 148 valence electrons. The van der Waals surface area contributed by atoms with Crippen LogP contribution in [0.15, 0.2) is 53.5 Å². The second kappa shape index (κ2) is 7.50. The molecule has 0 saturated carbocycles. The summed E-state index contributed by atoms with van der Waals surface area (Å²) in [5.74, 6) is 2.14. The van der Waals surface area contributed by atoms with Crippen molar-refractivity contribution >= 4 is 23.1 Å². The standard InChI is InChI=1S/C21H21ClN6O/c1-26-10-12-27(13-11-26)20-19-21(29-18-5-3-2-4-17(18)23-20)28(25-24-19)14-15-6-8-16(22)9-7-15/h2-9H,10-14H2,1H3. The minimum Gasteiger partial charge on any atom is -0.435 e. The highest BCUT2D eigenvalue weighted by atomic mass is 35.5. The number of amidine groups is 1. The van der Waals surface area contributed by atoms with Crippen LogP contribution in [0.3, 0.4) is 0 Å². The summed E-state index contributed by atoms with van der Waals surface area (Å²) in [6, 6.07) is 15.5. The Morgan fingerprint density at radius 3 is 2.55 bits per heavy atom. The van der Waals surface area contributed by atoms with Gasteiger partial charge in [0.15, 0.2) is 17.3 Å². The zero-order chi connectivity index (χ0) is 19.8. The van der Waals surface area contributed by atoms with E-state index in [0.29, 0.717) is 28.9 Å². The van der Waals surface area contributed by atoms with Gasteiger partial charge in [0.2, 0.25) is 5.88 Å². The molecule has 1 saturated heterocycles. The summed E-state index contributed by atoms with van der Waals surface area (Å²) < 4.78 is 8.06. The number of ether oxygens (including phenoxy) is 1. The highest BCUT2D eigenvalue weighted by Gasteiger charge is 2.29. The smallest absolute Gasteiger partial charge is 0.250 e. The van der Waals surface area contributed by atoms with Gasteiger partial charge in [0.1, 0.15) is 5.69 Å². The van der Waals surface area contributed by atoms with Gasteiger partial charge in [-0.1, -0.05) is 41.1 Å². The topological polar surface area (TPSA) is 58.8 Å². The third kappa shape index (κ3) is 3.59. The van der Waals surface area contributed by atoms with E-state index in [1.54, 1.807) is 4.68 Å². The number of para-hydroxylation sites is 2. The first-order valence-corrected chi connectivity index (χ1v) is 10.0. The van der Waals surface area contributed by atoms with E-state index < -0.39 is 0 Å². The van der Waals surface area contributed by atoms with Gasteiger partial charge in [0.25, 0.3) is 0 Å². The molecule has 0 radical (unpaired) electrons. The van der Waals surface area contributed by atoms with E-state index in [9.17, 15) is 0 Å². The Bertz CT molecular complexity index is 1050. The predicted molar refractivity (Wildman–Crippen MR) is 112 cm³/mol. The van der Waals surface area contributed by atoms with Crippen LogP contribution >= 0.6 is 11.6 Å². The van der Waals surface area contributed by atoms with Crippen LogP contribution in [-0.4, -0.2) is 63.9 Å². The fourth-order valence-electron chi connectivity index (χ4n) is 3.56. The monoisotopic (exact) mass is 408 g/mol. The Morgan fingerprint density at radius 2 is 1.76 bits per heavy atom. The van der Waals surface area contributed by atoms with E-state index in [4.69, 9.17) is 21.3 Å². The molecular weight excluding hydrogens is 388 g/mol. The molecule has 0 atom stereocenters. The van der Waals surface area contributed by atoms with Gasteiger partial charge in [-0.25, -0.2) is 9.67 Å². The molecule has 0 N–H and O–H groups in total. The number of benzene rings is 2. The Labute approximate surface area is 174 Å². The van der Waals surface area contributed by atoms with Crippen molar-refractivity contribution in [2.45, 2.75) is 6.54 Å². The Balaban J connectivity index is 1.55. The summed E-state index contributed by atoms with van der Waals surface area (Å²) in [4.78, 5) is 9.51. The van der Waals surface area contributed by atoms with E-state index in [2.05, 4.69) is 27.2 Å². The first-order valence-electron chi connectivity index (χ1n) is 9.65. The maximum atomic E-state index is 6.27. The Hall–Kier alpha value is -2.90. The van der Waals surface area contributed by atoms with Crippen molar-refractivity contribution in [3.8, 4) is 11.6 Å². The number of fused-ring (bicyclic) bond motifs is 2. The molecule has 0 aliphatic carbocycles. The normalized spacial score (nSPS) is 16.5. The number of likely N-dealkylation sites (N-methyl/N-ethyl adjacent to an activating group) is 1. The number of halogens is 1. The van der Waals surface area contributed by atoms with Crippen LogP contribution in [0.4, 0.5) is 5.69 Å². The lowest BCUT2D eigenvalue weighted by Crippen LogP contribution is -2.47. The lowest BCUT2D eigenvalue weighted by Gasteiger charge is -2.33. The van der Waals surface area contributed by atoms with E-state index in [1.807, 2.05) is 48.5 Å². The van der Waals surface area contributed by atoms with Crippen molar-refractivity contribution in [1.82, 2.24) is 24.8 Å². The van der Waals surface area contributed by atoms with Gasteiger partial charge in [-0.05, 0) is 36.9 Å². The number of aliphatic imine (C=N–C) groups is 1. The van der Waals surface area contributed by atoms with Gasteiger partial charge in [-0.2, -0.15) is 0 Å². The molecule has 1 aromatic heterocycles. The molecule has 5 rings (SSSR count). The van der Waals surface area contributed by atoms with E-state index in [1.165, 1.54) is 0 Å². The lowest BCUT2D eigenvalue weighted by atomic mass is 10.2. The average Bonchev–Trinajstić information content (AvgIpc) is 3.03. The van der Waals surface area contributed by atoms with Crippen molar-refractivity contribution in [3.63, 3.8) is 0 Å². The summed E-state index contributed by atoms with van der Waals surface area (Å²) >= 11 is 6.02. The summed E-state index contributed by atoms with van der Waals surface area (Å²) in [5, 5.41) is 9.55. The van der Waals surface area contributed by atoms with Crippen LogP contribution in [0.2, 0.25) is 5.02 Å². The zero-order valence-corrected chi connectivity index (χ0v) is 16.9. The first kappa shape index (κ1) is 18.1. The summed E-state index contributed by atoms with van der Waals surface area (Å²) in [6.07, 6.45) is 0. The predicted octanol–water partition coefficient (Wildman–Crippen LogP) is 3.41. The number of hydrogen-bond acceptors (Lipinski definition) is 6. The van der Waals surface area contributed by atoms with Crippen LogP contribution < -0.4 is 4.74 Å². The fourth-order valence-corrected chi connectivity index (χ4v) is 3.68. The molecule has 7 nitrogen and oxygen atoms in total. The Kier molecular flexibility index (Phi) is 4.69. The van der Waals surface area contributed by atoms with Gasteiger partial charge in [0.05, 0.1) is 6.54 Å². The number of nitrogens with zero attached hydrogens (tertiary/aromatic N) is 6. The van der Waals surface area contributed by atoms with Crippen LogP contribution in [0.5, 0.6) is 11.6 Å². The van der Waals surface area contributed by atoms with Crippen LogP contribution in [0.1, 0.15) is 11.3 Å². The molecule has 29 heavy (non-hydrogen) atoms. The minimum absolute atomic E-state index is 0.539. The zero-order valence-electron chi connectivity index (χ0n) is 16.1. The molecule has 3 aromatic rings. The number of rotatable bonds is 2. The highest BCUT2D eigenvalue weighted by Crippen LogP contribution is 2.37. The Morgan fingerprint density at radius 1 is 1.00 bits per heavy atom. The maximum absolute atomic E-state index is 6.27.